The van der Waals surface area contributed by atoms with Gasteiger partial charge in [0.15, 0.2) is 12.6 Å². The van der Waals surface area contributed by atoms with Crippen LogP contribution in [0.25, 0.3) is 0 Å². The molecule has 1 heterocycles. The van der Waals surface area contributed by atoms with E-state index < -0.39 is 12.8 Å². The summed E-state index contributed by atoms with van der Waals surface area (Å²) < 4.78 is 46.3. The van der Waals surface area contributed by atoms with Gasteiger partial charge in [-0.3, -0.25) is 4.99 Å². The Morgan fingerprint density at radius 2 is 2.00 bits per heavy atom. The Morgan fingerprint density at radius 1 is 1.25 bits per heavy atom. The predicted octanol–water partition coefficient (Wildman–Crippen LogP) is 3.28. The van der Waals surface area contributed by atoms with E-state index in [1.807, 2.05) is 0 Å². The van der Waals surface area contributed by atoms with Gasteiger partial charge in [0.25, 0.3) is 0 Å². The van der Waals surface area contributed by atoms with Crippen LogP contribution in [-0.2, 0) is 11.3 Å². The molecule has 2 N–H and O–H groups in total. The van der Waals surface area contributed by atoms with Gasteiger partial charge in [0, 0.05) is 46.1 Å². The van der Waals surface area contributed by atoms with Crippen molar-refractivity contribution in [2.24, 2.45) is 10.4 Å². The molecule has 9 heteroatoms. The number of alkyl halides is 3. The maximum atomic E-state index is 12.2. The molecule has 1 aliphatic rings. The second-order valence-electron chi connectivity index (χ2n) is 7.14. The van der Waals surface area contributed by atoms with E-state index in [4.69, 9.17) is 4.74 Å². The summed E-state index contributed by atoms with van der Waals surface area (Å²) in [6, 6.07) is 3.10. The van der Waals surface area contributed by atoms with Crippen molar-refractivity contribution in [1.29, 1.82) is 0 Å². The summed E-state index contributed by atoms with van der Waals surface area (Å²) in [6.45, 7) is 0.691. The van der Waals surface area contributed by atoms with Gasteiger partial charge in [-0.15, -0.1) is 0 Å². The molecule has 0 amide bonds. The zero-order valence-corrected chi connectivity index (χ0v) is 16.4. The third-order valence-electron chi connectivity index (χ3n) is 5.00. The number of hydrogen-bond donors (Lipinski definition) is 2. The standard InChI is InChI=1S/C19H29F3N4O2/c1-23-17(26-13-18(9-10-27-2)7-3-4-8-18)25-12-15-5-6-16(24-11-15)28-14-19(20,21)22/h5-6,11H,3-4,7-10,12-14H2,1-2H3,(H2,23,25,26). The van der Waals surface area contributed by atoms with Gasteiger partial charge in [0.1, 0.15) is 0 Å². The zero-order valence-electron chi connectivity index (χ0n) is 16.4. The van der Waals surface area contributed by atoms with Crippen LogP contribution < -0.4 is 15.4 Å². The molecule has 0 atom stereocenters. The highest BCUT2D eigenvalue weighted by atomic mass is 19.4. The zero-order chi connectivity index (χ0) is 20.5. The first-order chi connectivity index (χ1) is 13.4. The van der Waals surface area contributed by atoms with Crippen molar-refractivity contribution in [1.82, 2.24) is 15.6 Å². The number of rotatable bonds is 9. The SMILES string of the molecule is CN=C(NCc1ccc(OCC(F)(F)F)nc1)NCC1(CCOC)CCCC1. The number of ether oxygens (including phenoxy) is 2. The topological polar surface area (TPSA) is 67.8 Å². The Kier molecular flexibility index (Phi) is 8.35. The number of nitrogens with one attached hydrogen (secondary N) is 2. The first kappa shape index (κ1) is 22.3. The highest BCUT2D eigenvalue weighted by Gasteiger charge is 2.33. The number of halogens is 3. The number of pyridine rings is 1. The third kappa shape index (κ3) is 7.53. The molecule has 1 aliphatic carbocycles. The summed E-state index contributed by atoms with van der Waals surface area (Å²) >= 11 is 0. The predicted molar refractivity (Wildman–Crippen MR) is 101 cm³/mol. The highest BCUT2D eigenvalue weighted by molar-refractivity contribution is 5.79. The maximum absolute atomic E-state index is 12.2. The normalized spacial score (nSPS) is 16.8. The van der Waals surface area contributed by atoms with Crippen LogP contribution >= 0.6 is 0 Å². The summed E-state index contributed by atoms with van der Waals surface area (Å²) in [5, 5.41) is 6.60. The van der Waals surface area contributed by atoms with Gasteiger partial charge < -0.3 is 20.1 Å². The minimum atomic E-state index is -4.37. The van der Waals surface area contributed by atoms with Gasteiger partial charge in [-0.25, -0.2) is 4.98 Å². The smallest absolute Gasteiger partial charge is 0.422 e. The summed E-state index contributed by atoms with van der Waals surface area (Å²) in [6.07, 6.45) is 2.99. The highest BCUT2D eigenvalue weighted by Crippen LogP contribution is 2.40. The Balaban J connectivity index is 1.80. The summed E-state index contributed by atoms with van der Waals surface area (Å²) in [5.74, 6) is 0.631. The van der Waals surface area contributed by atoms with Crippen LogP contribution in [0.1, 0.15) is 37.7 Å². The first-order valence-corrected chi connectivity index (χ1v) is 9.44. The molecule has 1 fully saturated rings. The summed E-state index contributed by atoms with van der Waals surface area (Å²) in [4.78, 5) is 8.15. The monoisotopic (exact) mass is 402 g/mol. The minimum absolute atomic E-state index is 0.0510. The molecule has 28 heavy (non-hydrogen) atoms. The fraction of sp³-hybridized carbons (Fsp3) is 0.684. The van der Waals surface area contributed by atoms with Gasteiger partial charge >= 0.3 is 6.18 Å². The van der Waals surface area contributed by atoms with E-state index in [1.54, 1.807) is 20.2 Å². The number of methoxy groups -OCH3 is 1. The van der Waals surface area contributed by atoms with Crippen LogP contribution in [0.4, 0.5) is 13.2 Å². The van der Waals surface area contributed by atoms with Crippen LogP contribution in [0.5, 0.6) is 5.88 Å². The number of guanidine groups is 1. The van der Waals surface area contributed by atoms with Crippen molar-refractivity contribution < 1.29 is 22.6 Å². The lowest BCUT2D eigenvalue weighted by Gasteiger charge is -2.30. The fourth-order valence-electron chi connectivity index (χ4n) is 3.39. The van der Waals surface area contributed by atoms with E-state index in [0.717, 1.165) is 25.1 Å². The van der Waals surface area contributed by atoms with Crippen LogP contribution in [0.15, 0.2) is 23.3 Å². The second-order valence-corrected chi connectivity index (χ2v) is 7.14. The lowest BCUT2D eigenvalue weighted by molar-refractivity contribution is -0.154. The van der Waals surface area contributed by atoms with E-state index in [1.165, 1.54) is 37.9 Å². The molecule has 0 aliphatic heterocycles. The number of hydrogen-bond acceptors (Lipinski definition) is 4. The average molecular weight is 402 g/mol. The van der Waals surface area contributed by atoms with Crippen molar-refractivity contribution in [2.75, 3.05) is 33.9 Å². The molecule has 0 aromatic carbocycles. The molecular weight excluding hydrogens is 373 g/mol. The van der Waals surface area contributed by atoms with E-state index in [0.29, 0.717) is 12.5 Å². The van der Waals surface area contributed by atoms with Gasteiger partial charge in [-0.05, 0) is 30.2 Å². The van der Waals surface area contributed by atoms with Crippen LogP contribution in [-0.4, -0.2) is 51.0 Å². The van der Waals surface area contributed by atoms with E-state index in [9.17, 15) is 13.2 Å². The first-order valence-electron chi connectivity index (χ1n) is 9.44. The van der Waals surface area contributed by atoms with Gasteiger partial charge in [-0.2, -0.15) is 13.2 Å². The van der Waals surface area contributed by atoms with Gasteiger partial charge in [0.05, 0.1) is 0 Å². The molecule has 0 saturated heterocycles. The molecule has 0 radical (unpaired) electrons. The van der Waals surface area contributed by atoms with Gasteiger partial charge in [0.2, 0.25) is 5.88 Å². The van der Waals surface area contributed by atoms with Crippen molar-refractivity contribution in [3.05, 3.63) is 23.9 Å². The fourth-order valence-corrected chi connectivity index (χ4v) is 3.39. The quantitative estimate of drug-likeness (QED) is 0.490. The lowest BCUT2D eigenvalue weighted by Crippen LogP contribution is -2.43. The van der Waals surface area contributed by atoms with Crippen molar-refractivity contribution in [3.63, 3.8) is 0 Å². The van der Waals surface area contributed by atoms with Crippen LogP contribution in [0.2, 0.25) is 0 Å². The Hall–Kier alpha value is -2.03. The van der Waals surface area contributed by atoms with Crippen LogP contribution in [0, 0.1) is 5.41 Å². The number of aliphatic imine (C=N–C) groups is 1. The van der Waals surface area contributed by atoms with Crippen molar-refractivity contribution in [2.45, 2.75) is 44.8 Å². The summed E-state index contributed by atoms with van der Waals surface area (Å²) in [7, 11) is 3.43. The van der Waals surface area contributed by atoms with E-state index >= 15 is 0 Å². The Labute approximate surface area is 163 Å². The lowest BCUT2D eigenvalue weighted by atomic mass is 9.83. The second kappa shape index (κ2) is 10.5. The van der Waals surface area contributed by atoms with Crippen molar-refractivity contribution >= 4 is 5.96 Å². The molecule has 2 rings (SSSR count). The average Bonchev–Trinajstić information content (AvgIpc) is 3.14. The molecule has 0 spiro atoms. The van der Waals surface area contributed by atoms with Crippen molar-refractivity contribution in [3.8, 4) is 5.88 Å². The molecule has 6 nitrogen and oxygen atoms in total. The number of aromatic nitrogens is 1. The third-order valence-corrected chi connectivity index (χ3v) is 5.00. The molecular formula is C19H29F3N4O2. The van der Waals surface area contributed by atoms with Gasteiger partial charge in [-0.1, -0.05) is 18.9 Å². The maximum Gasteiger partial charge on any atom is 0.422 e. The molecule has 1 aromatic heterocycles. The number of nitrogens with zero attached hydrogens (tertiary/aromatic N) is 2. The molecule has 158 valence electrons. The molecule has 1 saturated carbocycles. The molecule has 1 aromatic rings. The van der Waals surface area contributed by atoms with E-state index in [2.05, 4.69) is 25.3 Å². The Morgan fingerprint density at radius 3 is 2.57 bits per heavy atom. The molecule has 0 unspecified atom stereocenters. The largest absolute Gasteiger partial charge is 0.468 e. The summed E-state index contributed by atoms with van der Waals surface area (Å²) in [5.41, 5.74) is 1.06. The van der Waals surface area contributed by atoms with Crippen LogP contribution in [0.3, 0.4) is 0 Å². The Bertz CT molecular complexity index is 615. The molecule has 0 bridgehead atoms. The van der Waals surface area contributed by atoms with E-state index in [-0.39, 0.29) is 11.3 Å². The minimum Gasteiger partial charge on any atom is -0.468 e.